The van der Waals surface area contributed by atoms with Gasteiger partial charge in [-0.15, -0.1) is 5.10 Å². The van der Waals surface area contributed by atoms with Crippen molar-refractivity contribution in [2.24, 2.45) is 5.92 Å². The molecule has 98 valence electrons. The molecule has 6 heteroatoms. The molecule has 1 aromatic heterocycles. The Morgan fingerprint density at radius 1 is 1.56 bits per heavy atom. The Bertz CT molecular complexity index is 470. The molecule has 2 atom stereocenters. The fraction of sp³-hybridized carbons (Fsp3) is 0.750. The third-order valence-electron chi connectivity index (χ3n) is 3.52. The molecule has 1 aliphatic carbocycles. The zero-order valence-corrected chi connectivity index (χ0v) is 10.3. The van der Waals surface area contributed by atoms with Crippen LogP contribution in [0.3, 0.4) is 0 Å². The van der Waals surface area contributed by atoms with E-state index in [9.17, 15) is 9.18 Å². The number of rotatable bonds is 4. The van der Waals surface area contributed by atoms with E-state index in [1.165, 1.54) is 12.8 Å². The van der Waals surface area contributed by atoms with E-state index in [4.69, 9.17) is 4.74 Å². The van der Waals surface area contributed by atoms with Crippen molar-refractivity contribution < 1.29 is 13.9 Å². The first-order valence-electron chi connectivity index (χ1n) is 6.46. The average molecular weight is 253 g/mol. The summed E-state index contributed by atoms with van der Waals surface area (Å²) in [4.78, 5) is 15.5. The summed E-state index contributed by atoms with van der Waals surface area (Å²) in [7, 11) is 0. The van der Waals surface area contributed by atoms with Crippen LogP contribution in [0, 0.1) is 5.92 Å². The van der Waals surface area contributed by atoms with Crippen molar-refractivity contribution in [2.45, 2.75) is 44.8 Å². The summed E-state index contributed by atoms with van der Waals surface area (Å²) in [6.07, 6.45) is 2.72. The highest BCUT2D eigenvalue weighted by Crippen LogP contribution is 2.44. The minimum absolute atomic E-state index is 0.0185. The smallest absolute Gasteiger partial charge is 0.378 e. The van der Waals surface area contributed by atoms with Crippen molar-refractivity contribution in [1.29, 1.82) is 0 Å². The third-order valence-corrected chi connectivity index (χ3v) is 3.52. The van der Waals surface area contributed by atoms with Crippen molar-refractivity contribution in [3.8, 4) is 0 Å². The van der Waals surface area contributed by atoms with Gasteiger partial charge < -0.3 is 4.74 Å². The summed E-state index contributed by atoms with van der Waals surface area (Å²) >= 11 is 0. The second kappa shape index (κ2) is 4.33. The first-order valence-corrected chi connectivity index (χ1v) is 6.46. The molecule has 1 saturated carbocycles. The van der Waals surface area contributed by atoms with Crippen LogP contribution in [0.25, 0.3) is 0 Å². The minimum atomic E-state index is -1.11. The molecule has 1 aromatic rings. The van der Waals surface area contributed by atoms with Crippen LogP contribution in [0.1, 0.15) is 61.3 Å². The van der Waals surface area contributed by atoms with Gasteiger partial charge in [0.05, 0.1) is 12.6 Å². The van der Waals surface area contributed by atoms with Gasteiger partial charge in [0.2, 0.25) is 0 Å². The maximum absolute atomic E-state index is 13.8. The number of halogens is 1. The molecule has 0 unspecified atom stereocenters. The summed E-state index contributed by atoms with van der Waals surface area (Å²) in [5.41, 5.74) is 0. The normalized spacial score (nSPS) is 26.1. The van der Waals surface area contributed by atoms with Crippen molar-refractivity contribution in [2.75, 3.05) is 6.61 Å². The molecule has 0 bridgehead atoms. The van der Waals surface area contributed by atoms with Gasteiger partial charge in [0, 0.05) is 6.42 Å². The highest BCUT2D eigenvalue weighted by molar-refractivity contribution is 5.85. The van der Waals surface area contributed by atoms with E-state index in [1.54, 1.807) is 11.6 Å². The summed E-state index contributed by atoms with van der Waals surface area (Å²) in [5, 5.41) is 4.11. The first-order chi connectivity index (χ1) is 8.69. The molecule has 2 heterocycles. The van der Waals surface area contributed by atoms with E-state index >= 15 is 0 Å². The Morgan fingerprint density at radius 2 is 2.33 bits per heavy atom. The summed E-state index contributed by atoms with van der Waals surface area (Å²) < 4.78 is 20.2. The molecule has 1 fully saturated rings. The number of aromatic nitrogens is 3. The van der Waals surface area contributed by atoms with Gasteiger partial charge in [-0.3, -0.25) is 0 Å². The number of hydrogen-bond donors (Lipinski definition) is 0. The molecule has 0 aromatic carbocycles. The zero-order valence-electron chi connectivity index (χ0n) is 10.3. The molecule has 0 radical (unpaired) electrons. The zero-order chi connectivity index (χ0) is 12.7. The van der Waals surface area contributed by atoms with Crippen molar-refractivity contribution in [1.82, 2.24) is 14.8 Å². The number of esters is 1. The SMILES string of the molecule is CCOC(=O)c1nc2n(n1)[C@H](CC1CC1)C[C@@H]2F. The molecule has 3 rings (SSSR count). The fourth-order valence-corrected chi connectivity index (χ4v) is 2.48. The number of fused-ring (bicyclic) bond motifs is 1. The first kappa shape index (κ1) is 11.6. The molecule has 0 N–H and O–H groups in total. The van der Waals surface area contributed by atoms with E-state index in [1.807, 2.05) is 0 Å². The van der Waals surface area contributed by atoms with Crippen molar-refractivity contribution >= 4 is 5.97 Å². The van der Waals surface area contributed by atoms with Gasteiger partial charge in [-0.1, -0.05) is 12.8 Å². The fourth-order valence-electron chi connectivity index (χ4n) is 2.48. The van der Waals surface area contributed by atoms with Crippen LogP contribution >= 0.6 is 0 Å². The second-order valence-corrected chi connectivity index (χ2v) is 4.99. The largest absolute Gasteiger partial charge is 0.460 e. The maximum atomic E-state index is 13.8. The lowest BCUT2D eigenvalue weighted by molar-refractivity contribution is 0.0511. The molecule has 0 amide bonds. The molecule has 0 saturated heterocycles. The Kier molecular flexibility index (Phi) is 2.80. The van der Waals surface area contributed by atoms with Crippen LogP contribution in [0.5, 0.6) is 0 Å². The van der Waals surface area contributed by atoms with Crippen LogP contribution in [0.15, 0.2) is 0 Å². The predicted octanol–water partition coefficient (Wildman–Crippen LogP) is 2.21. The molecule has 1 aliphatic heterocycles. The van der Waals surface area contributed by atoms with Gasteiger partial charge in [0.1, 0.15) is 0 Å². The van der Waals surface area contributed by atoms with Gasteiger partial charge in [0.15, 0.2) is 12.0 Å². The lowest BCUT2D eigenvalue weighted by atomic mass is 10.1. The number of hydrogen-bond acceptors (Lipinski definition) is 4. The Morgan fingerprint density at radius 3 is 3.00 bits per heavy atom. The second-order valence-electron chi connectivity index (χ2n) is 4.99. The van der Waals surface area contributed by atoms with Crippen LogP contribution in [0.2, 0.25) is 0 Å². The molecule has 18 heavy (non-hydrogen) atoms. The molecular weight excluding hydrogens is 237 g/mol. The minimum Gasteiger partial charge on any atom is -0.460 e. The highest BCUT2D eigenvalue weighted by Gasteiger charge is 2.38. The van der Waals surface area contributed by atoms with Crippen LogP contribution in [-0.4, -0.2) is 27.3 Å². The van der Waals surface area contributed by atoms with E-state index < -0.39 is 12.1 Å². The predicted molar refractivity (Wildman–Crippen MR) is 60.8 cm³/mol. The number of nitrogens with zero attached hydrogens (tertiary/aromatic N) is 3. The highest BCUT2D eigenvalue weighted by atomic mass is 19.1. The van der Waals surface area contributed by atoms with Crippen LogP contribution < -0.4 is 0 Å². The topological polar surface area (TPSA) is 57.0 Å². The lowest BCUT2D eigenvalue weighted by Gasteiger charge is -2.09. The lowest BCUT2D eigenvalue weighted by Crippen LogP contribution is -2.11. The van der Waals surface area contributed by atoms with E-state index in [0.29, 0.717) is 12.3 Å². The van der Waals surface area contributed by atoms with Gasteiger partial charge in [-0.05, 0) is 19.3 Å². The quantitative estimate of drug-likeness (QED) is 0.772. The van der Waals surface area contributed by atoms with Gasteiger partial charge in [-0.25, -0.2) is 18.9 Å². The van der Waals surface area contributed by atoms with Crippen LogP contribution in [-0.2, 0) is 4.74 Å². The number of alkyl halides is 1. The van der Waals surface area contributed by atoms with E-state index in [2.05, 4.69) is 10.1 Å². The third kappa shape index (κ3) is 2.00. The van der Waals surface area contributed by atoms with Crippen molar-refractivity contribution in [3.05, 3.63) is 11.6 Å². The standard InChI is InChI=1S/C12H16FN3O2/c1-2-18-12(17)10-14-11-9(13)6-8(16(11)15-10)5-7-3-4-7/h7-9H,2-6H2,1H3/t8-,9+/m1/s1. The molecule has 5 nitrogen and oxygen atoms in total. The van der Waals surface area contributed by atoms with Crippen LogP contribution in [0.4, 0.5) is 4.39 Å². The molecule has 2 aliphatic rings. The van der Waals surface area contributed by atoms with Gasteiger partial charge in [-0.2, -0.15) is 0 Å². The summed E-state index contributed by atoms with van der Waals surface area (Å²) in [5.74, 6) is 0.388. The van der Waals surface area contributed by atoms with E-state index in [0.717, 1.165) is 6.42 Å². The summed E-state index contributed by atoms with van der Waals surface area (Å²) in [6.45, 7) is 1.99. The Hall–Kier alpha value is -1.46. The number of carbonyl (C=O) groups is 1. The maximum Gasteiger partial charge on any atom is 0.378 e. The van der Waals surface area contributed by atoms with Gasteiger partial charge in [0.25, 0.3) is 5.82 Å². The van der Waals surface area contributed by atoms with E-state index in [-0.39, 0.29) is 24.3 Å². The Balaban J connectivity index is 1.81. The summed E-state index contributed by atoms with van der Waals surface area (Å²) in [6, 6.07) is 0.0539. The van der Waals surface area contributed by atoms with Crippen molar-refractivity contribution in [3.63, 3.8) is 0 Å². The Labute approximate surface area is 104 Å². The monoisotopic (exact) mass is 253 g/mol. The molecule has 0 spiro atoms. The van der Waals surface area contributed by atoms with Gasteiger partial charge >= 0.3 is 5.97 Å². The molecular formula is C12H16FN3O2. The number of carbonyl (C=O) groups excluding carboxylic acids is 1. The number of ether oxygens (including phenoxy) is 1. The average Bonchev–Trinajstić information content (AvgIpc) is 2.95.